The van der Waals surface area contributed by atoms with E-state index >= 15 is 0 Å². The summed E-state index contributed by atoms with van der Waals surface area (Å²) in [4.78, 5) is 23.9. The number of rotatable bonds is 7. The van der Waals surface area contributed by atoms with E-state index in [0.29, 0.717) is 6.42 Å². The SMILES string of the molecule is CC(OC(=O)CCc1ccsc1)C(=O)NC(C)c1ccccc1. The van der Waals surface area contributed by atoms with Crippen LogP contribution in [0.4, 0.5) is 0 Å². The van der Waals surface area contributed by atoms with Crippen LogP contribution in [0.15, 0.2) is 47.2 Å². The Bertz CT molecular complexity index is 625. The van der Waals surface area contributed by atoms with Crippen LogP contribution in [0.2, 0.25) is 0 Å². The van der Waals surface area contributed by atoms with Gasteiger partial charge >= 0.3 is 5.97 Å². The molecule has 0 radical (unpaired) electrons. The van der Waals surface area contributed by atoms with Crippen molar-refractivity contribution < 1.29 is 14.3 Å². The second kappa shape index (κ2) is 8.48. The summed E-state index contributed by atoms with van der Waals surface area (Å²) in [7, 11) is 0. The molecule has 0 aliphatic rings. The van der Waals surface area contributed by atoms with Gasteiger partial charge < -0.3 is 10.1 Å². The van der Waals surface area contributed by atoms with E-state index in [4.69, 9.17) is 4.74 Å². The molecule has 1 aromatic heterocycles. The van der Waals surface area contributed by atoms with Gasteiger partial charge in [0.05, 0.1) is 6.04 Å². The Kier molecular flexibility index (Phi) is 6.35. The fourth-order valence-corrected chi connectivity index (χ4v) is 2.85. The van der Waals surface area contributed by atoms with Gasteiger partial charge in [-0.15, -0.1) is 0 Å². The van der Waals surface area contributed by atoms with Gasteiger partial charge in [0.1, 0.15) is 0 Å². The van der Waals surface area contributed by atoms with E-state index in [1.807, 2.05) is 54.1 Å². The minimum Gasteiger partial charge on any atom is -0.453 e. The molecular formula is C18H21NO3S. The molecule has 0 aliphatic heterocycles. The van der Waals surface area contributed by atoms with Gasteiger partial charge in [0.15, 0.2) is 6.10 Å². The average molecular weight is 331 g/mol. The highest BCUT2D eigenvalue weighted by atomic mass is 32.1. The molecule has 1 aromatic carbocycles. The highest BCUT2D eigenvalue weighted by molar-refractivity contribution is 7.07. The van der Waals surface area contributed by atoms with Gasteiger partial charge in [-0.2, -0.15) is 11.3 Å². The van der Waals surface area contributed by atoms with Gasteiger partial charge in [0, 0.05) is 6.42 Å². The minimum atomic E-state index is -0.795. The molecule has 2 rings (SSSR count). The van der Waals surface area contributed by atoms with E-state index < -0.39 is 6.10 Å². The molecule has 5 heteroatoms. The van der Waals surface area contributed by atoms with E-state index in [1.165, 1.54) is 0 Å². The first-order valence-corrected chi connectivity index (χ1v) is 8.56. The van der Waals surface area contributed by atoms with Gasteiger partial charge in [0.25, 0.3) is 5.91 Å². The smallest absolute Gasteiger partial charge is 0.306 e. The monoisotopic (exact) mass is 331 g/mol. The summed E-state index contributed by atoms with van der Waals surface area (Å²) in [5, 5.41) is 6.84. The second-order valence-electron chi connectivity index (χ2n) is 5.40. The Hall–Kier alpha value is -2.14. The number of carbonyl (C=O) groups is 2. The van der Waals surface area contributed by atoms with Crippen LogP contribution in [0.25, 0.3) is 0 Å². The van der Waals surface area contributed by atoms with Gasteiger partial charge in [0.2, 0.25) is 0 Å². The largest absolute Gasteiger partial charge is 0.453 e. The van der Waals surface area contributed by atoms with Crippen molar-refractivity contribution in [2.24, 2.45) is 0 Å². The first-order valence-electron chi connectivity index (χ1n) is 7.62. The molecule has 23 heavy (non-hydrogen) atoms. The summed E-state index contributed by atoms with van der Waals surface area (Å²) < 4.78 is 5.20. The van der Waals surface area contributed by atoms with Crippen LogP contribution >= 0.6 is 11.3 Å². The quantitative estimate of drug-likeness (QED) is 0.790. The predicted octanol–water partition coefficient (Wildman–Crippen LogP) is 3.49. The summed E-state index contributed by atoms with van der Waals surface area (Å²) in [6, 6.07) is 11.5. The first-order chi connectivity index (χ1) is 11.1. The summed E-state index contributed by atoms with van der Waals surface area (Å²) in [6.45, 7) is 3.49. The normalized spacial score (nSPS) is 13.1. The number of thiophene rings is 1. The maximum atomic E-state index is 12.1. The average Bonchev–Trinajstić information content (AvgIpc) is 3.07. The standard InChI is InChI=1S/C18H21NO3S/c1-13(16-6-4-3-5-7-16)19-18(21)14(2)22-17(20)9-8-15-10-11-23-12-15/h3-7,10-14H,8-9H2,1-2H3,(H,19,21). The van der Waals surface area contributed by atoms with E-state index in [-0.39, 0.29) is 24.3 Å². The number of esters is 1. The molecule has 2 unspecified atom stereocenters. The number of hydrogen-bond donors (Lipinski definition) is 1. The molecular weight excluding hydrogens is 310 g/mol. The highest BCUT2D eigenvalue weighted by Crippen LogP contribution is 2.12. The lowest BCUT2D eigenvalue weighted by Gasteiger charge is -2.18. The van der Waals surface area contributed by atoms with Crippen molar-refractivity contribution in [1.82, 2.24) is 5.32 Å². The Labute approximate surface area is 140 Å². The van der Waals surface area contributed by atoms with Gasteiger partial charge in [-0.1, -0.05) is 30.3 Å². The number of hydrogen-bond acceptors (Lipinski definition) is 4. The van der Waals surface area contributed by atoms with Crippen molar-refractivity contribution >= 4 is 23.2 Å². The van der Waals surface area contributed by atoms with Crippen molar-refractivity contribution in [2.45, 2.75) is 38.8 Å². The first kappa shape index (κ1) is 17.2. The topological polar surface area (TPSA) is 55.4 Å². The Morgan fingerprint density at radius 1 is 1.17 bits per heavy atom. The minimum absolute atomic E-state index is 0.129. The molecule has 0 saturated carbocycles. The Morgan fingerprint density at radius 2 is 1.91 bits per heavy atom. The zero-order chi connectivity index (χ0) is 16.7. The van der Waals surface area contributed by atoms with Crippen molar-refractivity contribution in [3.63, 3.8) is 0 Å². The zero-order valence-corrected chi connectivity index (χ0v) is 14.1. The number of nitrogens with one attached hydrogen (secondary N) is 1. The Balaban J connectivity index is 1.76. The third-order valence-corrected chi connectivity index (χ3v) is 4.27. The van der Waals surface area contributed by atoms with Crippen molar-refractivity contribution in [2.75, 3.05) is 0 Å². The lowest BCUT2D eigenvalue weighted by atomic mass is 10.1. The summed E-state index contributed by atoms with van der Waals surface area (Å²) in [6.07, 6.45) is 0.121. The second-order valence-corrected chi connectivity index (χ2v) is 6.18. The number of carbonyl (C=O) groups excluding carboxylic acids is 2. The summed E-state index contributed by atoms with van der Waals surface area (Å²) in [5.41, 5.74) is 2.12. The fourth-order valence-electron chi connectivity index (χ4n) is 2.15. The summed E-state index contributed by atoms with van der Waals surface area (Å²) >= 11 is 1.60. The lowest BCUT2D eigenvalue weighted by molar-refractivity contribution is -0.155. The van der Waals surface area contributed by atoms with Crippen LogP contribution in [0, 0.1) is 0 Å². The number of benzene rings is 1. The van der Waals surface area contributed by atoms with Crippen LogP contribution < -0.4 is 5.32 Å². The zero-order valence-electron chi connectivity index (χ0n) is 13.3. The molecule has 1 heterocycles. The molecule has 2 atom stereocenters. The molecule has 0 aliphatic carbocycles. The number of ether oxygens (including phenoxy) is 1. The van der Waals surface area contributed by atoms with Crippen molar-refractivity contribution in [3.05, 3.63) is 58.3 Å². The highest BCUT2D eigenvalue weighted by Gasteiger charge is 2.19. The van der Waals surface area contributed by atoms with Gasteiger partial charge in [-0.25, -0.2) is 0 Å². The molecule has 1 amide bonds. The Morgan fingerprint density at radius 3 is 2.57 bits per heavy atom. The van der Waals surface area contributed by atoms with Crippen molar-refractivity contribution in [1.29, 1.82) is 0 Å². The molecule has 2 aromatic rings. The van der Waals surface area contributed by atoms with E-state index in [9.17, 15) is 9.59 Å². The van der Waals surface area contributed by atoms with E-state index in [1.54, 1.807) is 18.3 Å². The van der Waals surface area contributed by atoms with Crippen LogP contribution in [-0.4, -0.2) is 18.0 Å². The third-order valence-electron chi connectivity index (χ3n) is 3.53. The fraction of sp³-hybridized carbons (Fsp3) is 0.333. The molecule has 1 N–H and O–H groups in total. The molecule has 0 spiro atoms. The number of amides is 1. The third kappa shape index (κ3) is 5.53. The van der Waals surface area contributed by atoms with Crippen molar-refractivity contribution in [3.8, 4) is 0 Å². The van der Waals surface area contributed by atoms with E-state index in [2.05, 4.69) is 5.32 Å². The molecule has 4 nitrogen and oxygen atoms in total. The molecule has 0 saturated heterocycles. The maximum absolute atomic E-state index is 12.1. The molecule has 0 bridgehead atoms. The maximum Gasteiger partial charge on any atom is 0.306 e. The molecule has 122 valence electrons. The van der Waals surface area contributed by atoms with Crippen LogP contribution in [0.5, 0.6) is 0 Å². The van der Waals surface area contributed by atoms with Crippen LogP contribution in [0.1, 0.15) is 37.4 Å². The summed E-state index contributed by atoms with van der Waals surface area (Å²) in [5.74, 6) is -0.642. The molecule has 0 fully saturated rings. The lowest BCUT2D eigenvalue weighted by Crippen LogP contribution is -2.37. The van der Waals surface area contributed by atoms with Crippen LogP contribution in [0.3, 0.4) is 0 Å². The van der Waals surface area contributed by atoms with Gasteiger partial charge in [-0.3, -0.25) is 9.59 Å². The predicted molar refractivity (Wildman–Crippen MR) is 91.2 cm³/mol. The van der Waals surface area contributed by atoms with Gasteiger partial charge in [-0.05, 0) is 48.2 Å². The van der Waals surface area contributed by atoms with Crippen LogP contribution in [-0.2, 0) is 20.7 Å². The number of aryl methyl sites for hydroxylation is 1. The van der Waals surface area contributed by atoms with E-state index in [0.717, 1.165) is 11.1 Å².